The Morgan fingerprint density at radius 2 is 1.95 bits per heavy atom. The van der Waals surface area contributed by atoms with Gasteiger partial charge in [0.25, 0.3) is 0 Å². The second-order valence-electron chi connectivity index (χ2n) is 7.03. The molecule has 1 fully saturated rings. The summed E-state index contributed by atoms with van der Waals surface area (Å²) in [7, 11) is 0. The van der Waals surface area contributed by atoms with Crippen LogP contribution in [-0.4, -0.2) is 24.5 Å². The SMILES string of the molecule is CCCC1CCN(C(CN)c2ccc(CC(C)C)cc2)C1. The largest absolute Gasteiger partial charge is 0.329 e. The van der Waals surface area contributed by atoms with Crippen molar-refractivity contribution in [1.29, 1.82) is 0 Å². The normalized spacial score (nSPS) is 21.1. The fourth-order valence-electron chi connectivity index (χ4n) is 3.63. The van der Waals surface area contributed by atoms with Gasteiger partial charge in [-0.15, -0.1) is 0 Å². The van der Waals surface area contributed by atoms with Crippen LogP contribution >= 0.6 is 0 Å². The number of benzene rings is 1. The van der Waals surface area contributed by atoms with Crippen LogP contribution in [0.3, 0.4) is 0 Å². The van der Waals surface area contributed by atoms with Gasteiger partial charge < -0.3 is 5.73 Å². The van der Waals surface area contributed by atoms with Gasteiger partial charge in [-0.25, -0.2) is 0 Å². The Balaban J connectivity index is 2.00. The van der Waals surface area contributed by atoms with Crippen molar-refractivity contribution in [2.75, 3.05) is 19.6 Å². The minimum absolute atomic E-state index is 0.403. The van der Waals surface area contributed by atoms with E-state index in [2.05, 4.69) is 49.9 Å². The molecule has 2 rings (SSSR count). The monoisotopic (exact) mass is 288 g/mol. The van der Waals surface area contributed by atoms with Crippen molar-refractivity contribution in [2.45, 2.75) is 52.5 Å². The van der Waals surface area contributed by atoms with E-state index < -0.39 is 0 Å². The van der Waals surface area contributed by atoms with Gasteiger partial charge in [-0.05, 0) is 48.8 Å². The van der Waals surface area contributed by atoms with Gasteiger partial charge in [-0.3, -0.25) is 4.90 Å². The summed E-state index contributed by atoms with van der Waals surface area (Å²) in [5, 5.41) is 0. The third kappa shape index (κ3) is 4.55. The van der Waals surface area contributed by atoms with E-state index >= 15 is 0 Å². The maximum Gasteiger partial charge on any atom is 0.0470 e. The Labute approximate surface area is 130 Å². The zero-order chi connectivity index (χ0) is 15.2. The van der Waals surface area contributed by atoms with Crippen LogP contribution in [0, 0.1) is 11.8 Å². The molecule has 0 amide bonds. The highest BCUT2D eigenvalue weighted by molar-refractivity contribution is 5.26. The lowest BCUT2D eigenvalue weighted by Crippen LogP contribution is -2.32. The summed E-state index contributed by atoms with van der Waals surface area (Å²) in [4.78, 5) is 2.60. The number of hydrogen-bond acceptors (Lipinski definition) is 2. The van der Waals surface area contributed by atoms with Crippen molar-refractivity contribution < 1.29 is 0 Å². The van der Waals surface area contributed by atoms with Crippen molar-refractivity contribution in [3.05, 3.63) is 35.4 Å². The zero-order valence-corrected chi connectivity index (χ0v) is 14.0. The molecule has 2 N–H and O–H groups in total. The second-order valence-corrected chi connectivity index (χ2v) is 7.03. The Morgan fingerprint density at radius 3 is 2.52 bits per heavy atom. The van der Waals surface area contributed by atoms with Crippen molar-refractivity contribution in [3.8, 4) is 0 Å². The molecule has 1 aliphatic rings. The molecule has 1 saturated heterocycles. The van der Waals surface area contributed by atoms with Crippen molar-refractivity contribution in [2.24, 2.45) is 17.6 Å². The summed E-state index contributed by atoms with van der Waals surface area (Å²) < 4.78 is 0. The number of hydrogen-bond donors (Lipinski definition) is 1. The van der Waals surface area contributed by atoms with Crippen LogP contribution in [0.25, 0.3) is 0 Å². The van der Waals surface area contributed by atoms with Gasteiger partial charge in [0.1, 0.15) is 0 Å². The molecule has 1 aromatic rings. The van der Waals surface area contributed by atoms with Gasteiger partial charge in [-0.1, -0.05) is 51.5 Å². The Morgan fingerprint density at radius 1 is 1.24 bits per heavy atom. The van der Waals surface area contributed by atoms with Gasteiger partial charge in [0, 0.05) is 19.1 Å². The Hall–Kier alpha value is -0.860. The molecule has 118 valence electrons. The number of nitrogens with zero attached hydrogens (tertiary/aromatic N) is 1. The molecule has 1 aromatic carbocycles. The minimum atomic E-state index is 0.403. The third-order valence-corrected chi connectivity index (χ3v) is 4.69. The number of nitrogens with two attached hydrogens (primary N) is 1. The number of likely N-dealkylation sites (tertiary alicyclic amines) is 1. The molecule has 0 saturated carbocycles. The first-order chi connectivity index (χ1) is 10.1. The molecule has 0 bridgehead atoms. The van der Waals surface area contributed by atoms with E-state index in [9.17, 15) is 0 Å². The van der Waals surface area contributed by atoms with E-state index in [-0.39, 0.29) is 0 Å². The first-order valence-electron chi connectivity index (χ1n) is 8.67. The molecular formula is C19H32N2. The van der Waals surface area contributed by atoms with Crippen LogP contribution in [0.1, 0.15) is 57.2 Å². The molecule has 1 aliphatic heterocycles. The minimum Gasteiger partial charge on any atom is -0.329 e. The summed E-state index contributed by atoms with van der Waals surface area (Å²) >= 11 is 0. The highest BCUT2D eigenvalue weighted by Gasteiger charge is 2.27. The standard InChI is InChI=1S/C19H32N2/c1-4-5-17-10-11-21(14-17)19(13-20)18-8-6-16(7-9-18)12-15(2)3/h6-9,15,17,19H,4-5,10-14,20H2,1-3H3. The molecule has 0 radical (unpaired) electrons. The van der Waals surface area contributed by atoms with E-state index in [0.717, 1.165) is 24.8 Å². The highest BCUT2D eigenvalue weighted by atomic mass is 15.2. The smallest absolute Gasteiger partial charge is 0.0470 e. The van der Waals surface area contributed by atoms with Crippen LogP contribution < -0.4 is 5.73 Å². The van der Waals surface area contributed by atoms with Crippen LogP contribution in [0.2, 0.25) is 0 Å². The molecule has 2 atom stereocenters. The first-order valence-corrected chi connectivity index (χ1v) is 8.67. The van der Waals surface area contributed by atoms with Crippen LogP contribution in [0.15, 0.2) is 24.3 Å². The topological polar surface area (TPSA) is 29.3 Å². The van der Waals surface area contributed by atoms with E-state index in [0.29, 0.717) is 6.04 Å². The Kier molecular flexibility index (Phi) is 6.25. The summed E-state index contributed by atoms with van der Waals surface area (Å²) in [6.45, 7) is 9.99. The van der Waals surface area contributed by atoms with Crippen molar-refractivity contribution in [3.63, 3.8) is 0 Å². The molecule has 2 nitrogen and oxygen atoms in total. The lowest BCUT2D eigenvalue weighted by atomic mass is 9.98. The average Bonchev–Trinajstić information content (AvgIpc) is 2.90. The lowest BCUT2D eigenvalue weighted by Gasteiger charge is -2.27. The molecular weight excluding hydrogens is 256 g/mol. The second kappa shape index (κ2) is 7.95. The molecule has 21 heavy (non-hydrogen) atoms. The van der Waals surface area contributed by atoms with Gasteiger partial charge in [0.15, 0.2) is 0 Å². The summed E-state index contributed by atoms with van der Waals surface area (Å²) in [5.41, 5.74) is 8.91. The fraction of sp³-hybridized carbons (Fsp3) is 0.684. The highest BCUT2D eigenvalue weighted by Crippen LogP contribution is 2.29. The molecule has 0 spiro atoms. The van der Waals surface area contributed by atoms with E-state index in [1.54, 1.807) is 0 Å². The maximum absolute atomic E-state index is 6.08. The van der Waals surface area contributed by atoms with E-state index in [1.165, 1.54) is 43.5 Å². The fourth-order valence-corrected chi connectivity index (χ4v) is 3.63. The van der Waals surface area contributed by atoms with Crippen molar-refractivity contribution >= 4 is 0 Å². The van der Waals surface area contributed by atoms with Gasteiger partial charge in [0.2, 0.25) is 0 Å². The third-order valence-electron chi connectivity index (χ3n) is 4.69. The van der Waals surface area contributed by atoms with Crippen LogP contribution in [0.4, 0.5) is 0 Å². The van der Waals surface area contributed by atoms with Gasteiger partial charge in [-0.2, -0.15) is 0 Å². The van der Waals surface area contributed by atoms with Crippen molar-refractivity contribution in [1.82, 2.24) is 4.90 Å². The van der Waals surface area contributed by atoms with Gasteiger partial charge >= 0.3 is 0 Å². The molecule has 1 heterocycles. The van der Waals surface area contributed by atoms with E-state index in [4.69, 9.17) is 5.73 Å². The molecule has 0 aliphatic carbocycles. The van der Waals surface area contributed by atoms with E-state index in [1.807, 2.05) is 0 Å². The molecule has 0 aromatic heterocycles. The average molecular weight is 288 g/mol. The number of rotatable bonds is 7. The van der Waals surface area contributed by atoms with Gasteiger partial charge in [0.05, 0.1) is 0 Å². The molecule has 2 heteroatoms. The first kappa shape index (κ1) is 16.5. The predicted molar refractivity (Wildman–Crippen MR) is 91.4 cm³/mol. The maximum atomic E-state index is 6.08. The quantitative estimate of drug-likeness (QED) is 0.821. The van der Waals surface area contributed by atoms with Crippen LogP contribution in [-0.2, 0) is 6.42 Å². The summed E-state index contributed by atoms with van der Waals surface area (Å²) in [5.74, 6) is 1.60. The van der Waals surface area contributed by atoms with Crippen LogP contribution in [0.5, 0.6) is 0 Å². The predicted octanol–water partition coefficient (Wildman–Crippen LogP) is 4.01. The summed E-state index contributed by atoms with van der Waals surface area (Å²) in [6, 6.07) is 9.57. The lowest BCUT2D eigenvalue weighted by molar-refractivity contribution is 0.239. The Bertz CT molecular complexity index is 410. The summed E-state index contributed by atoms with van der Waals surface area (Å²) in [6.07, 6.45) is 5.17. The molecule has 2 unspecified atom stereocenters. The zero-order valence-electron chi connectivity index (χ0n) is 14.0.